The van der Waals surface area contributed by atoms with Crippen LogP contribution >= 0.6 is 11.8 Å². The second-order valence-electron chi connectivity index (χ2n) is 11.2. The van der Waals surface area contributed by atoms with Crippen molar-refractivity contribution in [2.24, 2.45) is 17.8 Å². The minimum absolute atomic E-state index is 0.0792. The van der Waals surface area contributed by atoms with Crippen LogP contribution in [0, 0.1) is 31.6 Å². The number of likely N-dealkylation sites (tertiary alicyclic amines) is 1. The number of carbonyl (C=O) groups excluding carboxylic acids is 3. The summed E-state index contributed by atoms with van der Waals surface area (Å²) in [5, 5.41) is 10.4. The average Bonchev–Trinajstić information content (AvgIpc) is 3.52. The summed E-state index contributed by atoms with van der Waals surface area (Å²) in [7, 11) is 0. The number of aliphatic hydroxyl groups is 1. The maximum atomic E-state index is 14.7. The number of nitrogens with zero attached hydrogens (tertiary/aromatic N) is 2. The molecule has 0 saturated carbocycles. The molecule has 206 valence electrons. The van der Waals surface area contributed by atoms with E-state index >= 15 is 0 Å². The zero-order valence-corrected chi connectivity index (χ0v) is 23.7. The monoisotopic (exact) mass is 540 g/mol. The fourth-order valence-corrected chi connectivity index (χ4v) is 9.08. The number of amides is 2. The van der Waals surface area contributed by atoms with E-state index in [-0.39, 0.29) is 42.7 Å². The number of benzene rings is 1. The van der Waals surface area contributed by atoms with E-state index < -0.39 is 34.6 Å². The van der Waals surface area contributed by atoms with Crippen molar-refractivity contribution in [3.63, 3.8) is 0 Å². The number of thioether (sulfide) groups is 1. The van der Waals surface area contributed by atoms with Crippen LogP contribution in [0.15, 0.2) is 43.5 Å². The van der Waals surface area contributed by atoms with Gasteiger partial charge in [-0.2, -0.15) is 0 Å². The van der Waals surface area contributed by atoms with Crippen molar-refractivity contribution in [3.05, 3.63) is 54.6 Å². The lowest BCUT2D eigenvalue weighted by Crippen LogP contribution is -2.58. The van der Waals surface area contributed by atoms with Gasteiger partial charge in [0.05, 0.1) is 29.2 Å². The molecule has 3 saturated heterocycles. The van der Waals surface area contributed by atoms with E-state index in [1.807, 2.05) is 45.9 Å². The van der Waals surface area contributed by atoms with Crippen LogP contribution in [-0.4, -0.2) is 69.6 Å². The summed E-state index contributed by atoms with van der Waals surface area (Å²) < 4.78 is 4.70. The summed E-state index contributed by atoms with van der Waals surface area (Å²) >= 11 is 1.61. The molecule has 4 rings (SSSR count). The molecule has 3 aliphatic rings. The fraction of sp³-hybridized carbons (Fsp3) is 0.567. The molecule has 1 N–H and O–H groups in total. The predicted octanol–water partition coefficient (Wildman–Crippen LogP) is 4.05. The Labute approximate surface area is 230 Å². The van der Waals surface area contributed by atoms with E-state index in [0.29, 0.717) is 12.8 Å². The van der Waals surface area contributed by atoms with Crippen LogP contribution in [0.5, 0.6) is 0 Å². The smallest absolute Gasteiger partial charge is 0.311 e. The Morgan fingerprint density at radius 3 is 2.53 bits per heavy atom. The number of carbonyl (C=O) groups is 3. The fourth-order valence-electron chi connectivity index (χ4n) is 6.89. The molecule has 3 heterocycles. The Hall–Kier alpha value is -2.58. The van der Waals surface area contributed by atoms with Crippen molar-refractivity contribution in [2.45, 2.75) is 69.0 Å². The van der Waals surface area contributed by atoms with Crippen molar-refractivity contribution in [2.75, 3.05) is 24.7 Å². The minimum atomic E-state index is -0.804. The molecule has 0 aliphatic carbocycles. The third-order valence-electron chi connectivity index (χ3n) is 8.22. The molecule has 1 aromatic rings. The highest BCUT2D eigenvalue weighted by Gasteiger charge is 2.74. The molecular formula is C30H40N2O5S. The second kappa shape index (κ2) is 11.3. The average molecular weight is 541 g/mol. The second-order valence-corrected chi connectivity index (χ2v) is 12.8. The first-order chi connectivity index (χ1) is 18.1. The van der Waals surface area contributed by atoms with Crippen LogP contribution in [0.4, 0.5) is 5.69 Å². The van der Waals surface area contributed by atoms with E-state index in [0.717, 1.165) is 23.2 Å². The molecule has 8 heteroatoms. The Morgan fingerprint density at radius 2 is 1.95 bits per heavy atom. The predicted molar refractivity (Wildman–Crippen MR) is 151 cm³/mol. The molecule has 2 unspecified atom stereocenters. The first-order valence-corrected chi connectivity index (χ1v) is 14.4. The van der Waals surface area contributed by atoms with Gasteiger partial charge in [0.15, 0.2) is 0 Å². The van der Waals surface area contributed by atoms with Gasteiger partial charge in [-0.3, -0.25) is 14.4 Å². The third kappa shape index (κ3) is 4.60. The molecule has 0 radical (unpaired) electrons. The lowest BCUT2D eigenvalue weighted by Gasteiger charge is -2.40. The molecule has 3 fully saturated rings. The van der Waals surface area contributed by atoms with E-state index in [9.17, 15) is 19.5 Å². The van der Waals surface area contributed by atoms with E-state index in [4.69, 9.17) is 4.74 Å². The van der Waals surface area contributed by atoms with Crippen LogP contribution in [0.3, 0.4) is 0 Å². The summed E-state index contributed by atoms with van der Waals surface area (Å²) in [4.78, 5) is 45.6. The SMILES string of the molecule is C=CCOC(=O)[C@@H]1[C@H]2C(=O)N([C@@H](CO)CC(C)C)C(C(=O)N(CC=C)c3c(C)cccc3C)C23CC[C@H]1S3. The zero-order valence-electron chi connectivity index (χ0n) is 22.9. The molecule has 2 bridgehead atoms. The van der Waals surface area contributed by atoms with Gasteiger partial charge in [-0.1, -0.05) is 50.8 Å². The Bertz CT molecular complexity index is 1100. The third-order valence-corrected chi connectivity index (χ3v) is 10.2. The number of aliphatic hydroxyl groups excluding tert-OH is 1. The van der Waals surface area contributed by atoms with Gasteiger partial charge in [0.1, 0.15) is 12.6 Å². The summed E-state index contributed by atoms with van der Waals surface area (Å²) in [5.41, 5.74) is 2.73. The van der Waals surface area contributed by atoms with Gasteiger partial charge in [0.2, 0.25) is 5.91 Å². The highest BCUT2D eigenvalue weighted by Crippen LogP contribution is 2.67. The normalized spacial score (nSPS) is 28.4. The lowest BCUT2D eigenvalue weighted by molar-refractivity contribution is -0.153. The van der Waals surface area contributed by atoms with Crippen molar-refractivity contribution in [1.29, 1.82) is 0 Å². The van der Waals surface area contributed by atoms with E-state index in [1.165, 1.54) is 6.08 Å². The Kier molecular flexibility index (Phi) is 8.43. The van der Waals surface area contributed by atoms with Crippen LogP contribution < -0.4 is 4.90 Å². The quantitative estimate of drug-likeness (QED) is 0.337. The number of fused-ring (bicyclic) bond motifs is 1. The van der Waals surface area contributed by atoms with Crippen LogP contribution in [-0.2, 0) is 19.1 Å². The van der Waals surface area contributed by atoms with Gasteiger partial charge in [0, 0.05) is 17.5 Å². The summed E-state index contributed by atoms with van der Waals surface area (Å²) in [6.07, 6.45) is 5.17. The molecule has 6 atom stereocenters. The maximum absolute atomic E-state index is 14.7. The zero-order chi connectivity index (χ0) is 27.8. The molecule has 0 aromatic heterocycles. The number of esters is 1. The van der Waals surface area contributed by atoms with Crippen molar-refractivity contribution >= 4 is 35.2 Å². The van der Waals surface area contributed by atoms with Crippen LogP contribution in [0.1, 0.15) is 44.2 Å². The van der Waals surface area contributed by atoms with Gasteiger partial charge in [0.25, 0.3) is 5.91 Å². The molecule has 7 nitrogen and oxygen atoms in total. The van der Waals surface area contributed by atoms with Crippen LogP contribution in [0.25, 0.3) is 0 Å². The Balaban J connectivity index is 1.84. The first kappa shape index (κ1) is 28.4. The number of hydrogen-bond donors (Lipinski definition) is 1. The van der Waals surface area contributed by atoms with Gasteiger partial charge in [-0.25, -0.2) is 0 Å². The first-order valence-electron chi connectivity index (χ1n) is 13.5. The van der Waals surface area contributed by atoms with E-state index in [2.05, 4.69) is 13.2 Å². The van der Waals surface area contributed by atoms with Gasteiger partial charge in [-0.05, 0) is 50.2 Å². The van der Waals surface area contributed by atoms with Gasteiger partial charge >= 0.3 is 5.97 Å². The lowest BCUT2D eigenvalue weighted by atomic mass is 9.71. The highest BCUT2D eigenvalue weighted by atomic mass is 32.2. The molecule has 3 aliphatic heterocycles. The number of rotatable bonds is 11. The minimum Gasteiger partial charge on any atom is -0.461 e. The number of para-hydroxylation sites is 1. The Morgan fingerprint density at radius 1 is 1.26 bits per heavy atom. The van der Waals surface area contributed by atoms with Crippen molar-refractivity contribution in [3.8, 4) is 0 Å². The van der Waals surface area contributed by atoms with Crippen molar-refractivity contribution < 1.29 is 24.2 Å². The number of hydrogen-bond acceptors (Lipinski definition) is 6. The topological polar surface area (TPSA) is 87.1 Å². The summed E-state index contributed by atoms with van der Waals surface area (Å²) in [6.45, 7) is 15.7. The van der Waals surface area contributed by atoms with Crippen molar-refractivity contribution in [1.82, 2.24) is 4.90 Å². The standard InChI is InChI=1S/C30H40N2O5S/c1-7-14-31(25-19(5)10-9-11-20(25)6)28(35)26-30-13-12-22(38-30)23(29(36)37-15-8-2)24(30)27(34)32(26)21(17-33)16-18(3)4/h7-11,18,21-24,26,33H,1-2,12-17H2,3-6H3/t21-,22-,23+,24+,26?,30?/m1/s1. The molecule has 1 spiro atoms. The van der Waals surface area contributed by atoms with Crippen LogP contribution in [0.2, 0.25) is 0 Å². The number of aryl methyl sites for hydroxylation is 2. The molecular weight excluding hydrogens is 500 g/mol. The largest absolute Gasteiger partial charge is 0.461 e. The highest BCUT2D eigenvalue weighted by molar-refractivity contribution is 8.02. The molecule has 1 aromatic carbocycles. The van der Waals surface area contributed by atoms with E-state index in [1.54, 1.807) is 27.6 Å². The number of anilines is 1. The number of ether oxygens (including phenoxy) is 1. The van der Waals surface area contributed by atoms with Gasteiger partial charge in [-0.15, -0.1) is 18.3 Å². The summed E-state index contributed by atoms with van der Waals surface area (Å²) in [6, 6.07) is 4.58. The maximum Gasteiger partial charge on any atom is 0.311 e. The summed E-state index contributed by atoms with van der Waals surface area (Å²) in [5.74, 6) is -1.89. The van der Waals surface area contributed by atoms with Gasteiger partial charge < -0.3 is 19.6 Å². The molecule has 38 heavy (non-hydrogen) atoms. The molecule has 2 amide bonds.